The normalized spacial score (nSPS) is 23.6. The number of nitrogen functional groups attached to an aromatic ring is 1. The molecule has 94 valence electrons. The number of hydrogen-bond donors (Lipinski definition) is 2. The third-order valence-corrected chi connectivity index (χ3v) is 3.43. The molecular formula is C13H22N4. The number of anilines is 2. The highest BCUT2D eigenvalue weighted by Crippen LogP contribution is 2.30. The number of hydrogen-bond acceptors (Lipinski definition) is 4. The minimum atomic E-state index is 0.304. The van der Waals surface area contributed by atoms with Crippen LogP contribution in [0.15, 0.2) is 0 Å². The van der Waals surface area contributed by atoms with Gasteiger partial charge in [0.25, 0.3) is 0 Å². The smallest absolute Gasteiger partial charge is 0.135 e. The first-order chi connectivity index (χ1) is 7.97. The Morgan fingerprint density at radius 2 is 1.94 bits per heavy atom. The Morgan fingerprint density at radius 3 is 2.47 bits per heavy atom. The van der Waals surface area contributed by atoms with Gasteiger partial charge in [-0.3, -0.25) is 0 Å². The summed E-state index contributed by atoms with van der Waals surface area (Å²) in [5.74, 6) is 3.47. The third kappa shape index (κ3) is 2.51. The summed E-state index contributed by atoms with van der Waals surface area (Å²) in [6.07, 6.45) is 2.45. The molecule has 0 unspecified atom stereocenters. The zero-order valence-corrected chi connectivity index (χ0v) is 11.1. The number of nitrogens with zero attached hydrogens (tertiary/aromatic N) is 2. The maximum Gasteiger partial charge on any atom is 0.135 e. The van der Waals surface area contributed by atoms with Gasteiger partial charge in [-0.1, -0.05) is 20.8 Å². The van der Waals surface area contributed by atoms with E-state index in [1.54, 1.807) is 0 Å². The largest absolute Gasteiger partial charge is 0.383 e. The summed E-state index contributed by atoms with van der Waals surface area (Å²) in [4.78, 5) is 8.90. The maximum atomic E-state index is 5.93. The van der Waals surface area contributed by atoms with Crippen molar-refractivity contribution in [2.75, 3.05) is 11.1 Å². The van der Waals surface area contributed by atoms with Gasteiger partial charge in [0.1, 0.15) is 17.5 Å². The number of nitrogens with two attached hydrogens (primary N) is 1. The van der Waals surface area contributed by atoms with E-state index >= 15 is 0 Å². The van der Waals surface area contributed by atoms with Gasteiger partial charge in [-0.2, -0.15) is 0 Å². The van der Waals surface area contributed by atoms with E-state index in [0.717, 1.165) is 23.1 Å². The molecule has 4 nitrogen and oxygen atoms in total. The third-order valence-electron chi connectivity index (χ3n) is 3.43. The lowest BCUT2D eigenvalue weighted by atomic mass is 9.82. The molecule has 0 amide bonds. The van der Waals surface area contributed by atoms with Crippen LogP contribution in [0.1, 0.15) is 50.9 Å². The molecule has 0 aliphatic heterocycles. The van der Waals surface area contributed by atoms with Crippen molar-refractivity contribution < 1.29 is 0 Å². The van der Waals surface area contributed by atoms with Crippen LogP contribution in [0.2, 0.25) is 0 Å². The quantitative estimate of drug-likeness (QED) is 0.844. The van der Waals surface area contributed by atoms with Gasteiger partial charge in [0, 0.05) is 17.5 Å². The second kappa shape index (κ2) is 4.51. The van der Waals surface area contributed by atoms with Gasteiger partial charge >= 0.3 is 0 Å². The van der Waals surface area contributed by atoms with Gasteiger partial charge in [-0.15, -0.1) is 0 Å². The van der Waals surface area contributed by atoms with E-state index in [2.05, 4.69) is 36.1 Å². The standard InChI is InChI=1S/C13H22N4/c1-7(2)12-16-11(14)9(4)13(17-12)15-10-5-8(3)6-10/h7-8,10H,5-6H2,1-4H3,(H3,14,15,16,17). The van der Waals surface area contributed by atoms with Gasteiger partial charge in [0.15, 0.2) is 0 Å². The number of rotatable bonds is 3. The van der Waals surface area contributed by atoms with Crippen LogP contribution in [-0.2, 0) is 0 Å². The SMILES string of the molecule is Cc1c(N)nc(C(C)C)nc1NC1CC(C)C1. The Balaban J connectivity index is 2.19. The second-order valence-corrected chi connectivity index (χ2v) is 5.51. The summed E-state index contributed by atoms with van der Waals surface area (Å²) in [6, 6.07) is 0.554. The molecule has 0 bridgehead atoms. The fourth-order valence-corrected chi connectivity index (χ4v) is 2.16. The first-order valence-corrected chi connectivity index (χ1v) is 6.38. The van der Waals surface area contributed by atoms with Crippen LogP contribution in [-0.4, -0.2) is 16.0 Å². The molecular weight excluding hydrogens is 212 g/mol. The Labute approximate surface area is 103 Å². The van der Waals surface area contributed by atoms with E-state index in [9.17, 15) is 0 Å². The second-order valence-electron chi connectivity index (χ2n) is 5.51. The minimum absolute atomic E-state index is 0.304. The highest BCUT2D eigenvalue weighted by molar-refractivity contribution is 5.55. The van der Waals surface area contributed by atoms with Gasteiger partial charge in [0.05, 0.1) is 0 Å². The molecule has 0 atom stereocenters. The fourth-order valence-electron chi connectivity index (χ4n) is 2.16. The molecule has 1 aromatic rings. The van der Waals surface area contributed by atoms with E-state index in [4.69, 9.17) is 5.73 Å². The van der Waals surface area contributed by atoms with E-state index in [-0.39, 0.29) is 0 Å². The Hall–Kier alpha value is -1.32. The summed E-state index contributed by atoms with van der Waals surface area (Å²) in [7, 11) is 0. The van der Waals surface area contributed by atoms with Crippen molar-refractivity contribution in [3.63, 3.8) is 0 Å². The van der Waals surface area contributed by atoms with Crippen molar-refractivity contribution in [3.05, 3.63) is 11.4 Å². The topological polar surface area (TPSA) is 63.8 Å². The highest BCUT2D eigenvalue weighted by atomic mass is 15.1. The van der Waals surface area contributed by atoms with E-state index in [1.807, 2.05) is 6.92 Å². The predicted octanol–water partition coefficient (Wildman–Crippen LogP) is 2.70. The summed E-state index contributed by atoms with van der Waals surface area (Å²) in [5, 5.41) is 3.48. The molecule has 0 saturated heterocycles. The Morgan fingerprint density at radius 1 is 1.29 bits per heavy atom. The van der Waals surface area contributed by atoms with Crippen LogP contribution < -0.4 is 11.1 Å². The molecule has 4 heteroatoms. The van der Waals surface area contributed by atoms with Crippen molar-refractivity contribution in [2.24, 2.45) is 5.92 Å². The molecule has 1 aliphatic rings. The average molecular weight is 234 g/mol. The fraction of sp³-hybridized carbons (Fsp3) is 0.692. The number of aromatic nitrogens is 2. The Bertz CT molecular complexity index is 408. The minimum Gasteiger partial charge on any atom is -0.383 e. The molecule has 1 aliphatic carbocycles. The molecule has 0 aromatic carbocycles. The lowest BCUT2D eigenvalue weighted by Gasteiger charge is -2.34. The summed E-state index contributed by atoms with van der Waals surface area (Å²) >= 11 is 0. The molecule has 1 fully saturated rings. The van der Waals surface area contributed by atoms with Gasteiger partial charge in [-0.05, 0) is 25.7 Å². The Kier molecular flexibility index (Phi) is 3.22. The first-order valence-electron chi connectivity index (χ1n) is 6.38. The van der Waals surface area contributed by atoms with Crippen LogP contribution in [0.3, 0.4) is 0 Å². The van der Waals surface area contributed by atoms with E-state index in [1.165, 1.54) is 12.8 Å². The van der Waals surface area contributed by atoms with Crippen molar-refractivity contribution in [2.45, 2.75) is 52.5 Å². The summed E-state index contributed by atoms with van der Waals surface area (Å²) in [5.41, 5.74) is 6.90. The monoisotopic (exact) mass is 234 g/mol. The summed E-state index contributed by atoms with van der Waals surface area (Å²) in [6.45, 7) is 8.42. The van der Waals surface area contributed by atoms with Crippen molar-refractivity contribution in [1.29, 1.82) is 0 Å². The highest BCUT2D eigenvalue weighted by Gasteiger charge is 2.26. The zero-order chi connectivity index (χ0) is 12.6. The first kappa shape index (κ1) is 12.1. The van der Waals surface area contributed by atoms with Crippen molar-refractivity contribution >= 4 is 11.6 Å². The lowest BCUT2D eigenvalue weighted by Crippen LogP contribution is -2.34. The van der Waals surface area contributed by atoms with Crippen LogP contribution in [0.4, 0.5) is 11.6 Å². The average Bonchev–Trinajstić information content (AvgIpc) is 2.21. The number of nitrogens with one attached hydrogen (secondary N) is 1. The molecule has 0 spiro atoms. The van der Waals surface area contributed by atoms with Gasteiger partial charge < -0.3 is 11.1 Å². The maximum absolute atomic E-state index is 5.93. The van der Waals surface area contributed by atoms with Crippen LogP contribution in [0.25, 0.3) is 0 Å². The van der Waals surface area contributed by atoms with Gasteiger partial charge in [-0.25, -0.2) is 9.97 Å². The molecule has 1 aromatic heterocycles. The van der Waals surface area contributed by atoms with Crippen LogP contribution in [0.5, 0.6) is 0 Å². The summed E-state index contributed by atoms with van der Waals surface area (Å²) < 4.78 is 0. The molecule has 3 N–H and O–H groups in total. The molecule has 0 radical (unpaired) electrons. The zero-order valence-electron chi connectivity index (χ0n) is 11.1. The molecule has 1 heterocycles. The molecule has 2 rings (SSSR count). The van der Waals surface area contributed by atoms with E-state index < -0.39 is 0 Å². The van der Waals surface area contributed by atoms with Gasteiger partial charge in [0.2, 0.25) is 0 Å². The van der Waals surface area contributed by atoms with Crippen molar-refractivity contribution in [3.8, 4) is 0 Å². The van der Waals surface area contributed by atoms with Crippen molar-refractivity contribution in [1.82, 2.24) is 9.97 Å². The van der Waals surface area contributed by atoms with Crippen LogP contribution >= 0.6 is 0 Å². The van der Waals surface area contributed by atoms with E-state index in [0.29, 0.717) is 17.8 Å². The van der Waals surface area contributed by atoms with Crippen LogP contribution in [0, 0.1) is 12.8 Å². The molecule has 17 heavy (non-hydrogen) atoms. The molecule has 1 saturated carbocycles. The predicted molar refractivity (Wildman–Crippen MR) is 71.1 cm³/mol. The lowest BCUT2D eigenvalue weighted by molar-refractivity contribution is 0.308.